The summed E-state index contributed by atoms with van der Waals surface area (Å²) in [6, 6.07) is 0. The molecule has 0 saturated heterocycles. The molecule has 0 aliphatic carbocycles. The van der Waals surface area contributed by atoms with Crippen LogP contribution in [0.25, 0.3) is 0 Å². The van der Waals surface area contributed by atoms with Crippen LogP contribution in [0.1, 0.15) is 52.4 Å². The number of ether oxygens (including phenoxy) is 3. The predicted molar refractivity (Wildman–Crippen MR) is 84.3 cm³/mol. The highest BCUT2D eigenvalue weighted by Gasteiger charge is 2.21. The van der Waals surface area contributed by atoms with Gasteiger partial charge in [-0.2, -0.15) is 0 Å². The normalized spacial score (nSPS) is 13.7. The third kappa shape index (κ3) is 13.0. The highest BCUT2D eigenvalue weighted by molar-refractivity contribution is 5.77. The standard InChI is InChI=1S/C16H30O7/c1-3-5-8-21-12-15(22-9-6-4-2)23-10-7-13(16(19)20)11-14(17)18/h13,15H,3-12H2,1-2H3,(H,17,18)(H,19,20). The van der Waals surface area contributed by atoms with Crippen molar-refractivity contribution in [3.8, 4) is 0 Å². The van der Waals surface area contributed by atoms with Gasteiger partial charge in [0.15, 0.2) is 6.29 Å². The highest BCUT2D eigenvalue weighted by Crippen LogP contribution is 2.11. The average molecular weight is 334 g/mol. The molecule has 2 atom stereocenters. The van der Waals surface area contributed by atoms with Gasteiger partial charge in [0.1, 0.15) is 0 Å². The summed E-state index contributed by atoms with van der Waals surface area (Å²) in [5.74, 6) is -3.21. The lowest BCUT2D eigenvalue weighted by Gasteiger charge is -2.19. The molecule has 23 heavy (non-hydrogen) atoms. The molecule has 0 radical (unpaired) electrons. The van der Waals surface area contributed by atoms with Gasteiger partial charge in [-0.15, -0.1) is 0 Å². The molecule has 2 N–H and O–H groups in total. The number of hydrogen-bond donors (Lipinski definition) is 2. The number of carboxylic acids is 2. The maximum atomic E-state index is 11.0. The summed E-state index contributed by atoms with van der Waals surface area (Å²) in [4.78, 5) is 21.6. The first-order valence-corrected chi connectivity index (χ1v) is 8.26. The molecule has 2 unspecified atom stereocenters. The summed E-state index contributed by atoms with van der Waals surface area (Å²) < 4.78 is 16.6. The fraction of sp³-hybridized carbons (Fsp3) is 0.875. The molecule has 0 saturated carbocycles. The number of hydrogen-bond acceptors (Lipinski definition) is 5. The van der Waals surface area contributed by atoms with Crippen molar-refractivity contribution >= 4 is 11.9 Å². The van der Waals surface area contributed by atoms with Gasteiger partial charge in [-0.1, -0.05) is 26.7 Å². The number of rotatable bonds is 16. The average Bonchev–Trinajstić information content (AvgIpc) is 2.49. The first-order valence-electron chi connectivity index (χ1n) is 8.26. The van der Waals surface area contributed by atoms with Crippen molar-refractivity contribution in [2.45, 2.75) is 58.7 Å². The van der Waals surface area contributed by atoms with E-state index in [1.165, 1.54) is 0 Å². The zero-order valence-electron chi connectivity index (χ0n) is 14.2. The van der Waals surface area contributed by atoms with Crippen LogP contribution in [0.4, 0.5) is 0 Å². The first-order chi connectivity index (χ1) is 11.0. The van der Waals surface area contributed by atoms with Crippen LogP contribution in [0.15, 0.2) is 0 Å². The number of carboxylic acid groups (broad SMARTS) is 2. The minimum Gasteiger partial charge on any atom is -0.481 e. The van der Waals surface area contributed by atoms with Gasteiger partial charge >= 0.3 is 11.9 Å². The minimum absolute atomic E-state index is 0.123. The van der Waals surface area contributed by atoms with Gasteiger partial charge in [0.2, 0.25) is 0 Å². The van der Waals surface area contributed by atoms with Crippen molar-refractivity contribution in [3.63, 3.8) is 0 Å². The van der Waals surface area contributed by atoms with E-state index in [0.717, 1.165) is 25.7 Å². The Kier molecular flexibility index (Phi) is 13.7. The van der Waals surface area contributed by atoms with Crippen molar-refractivity contribution in [1.82, 2.24) is 0 Å². The van der Waals surface area contributed by atoms with Gasteiger partial charge in [-0.05, 0) is 19.3 Å². The lowest BCUT2D eigenvalue weighted by Crippen LogP contribution is -2.27. The second-order valence-corrected chi connectivity index (χ2v) is 5.37. The molecule has 0 amide bonds. The molecular weight excluding hydrogens is 304 g/mol. The molecule has 0 aliphatic rings. The molecule has 0 rings (SSSR count). The lowest BCUT2D eigenvalue weighted by atomic mass is 10.0. The zero-order valence-corrected chi connectivity index (χ0v) is 14.2. The Bertz CT molecular complexity index is 320. The van der Waals surface area contributed by atoms with Gasteiger partial charge in [0.05, 0.1) is 25.6 Å². The van der Waals surface area contributed by atoms with Crippen LogP contribution >= 0.6 is 0 Å². The molecule has 0 heterocycles. The van der Waals surface area contributed by atoms with E-state index in [9.17, 15) is 9.59 Å². The molecule has 7 nitrogen and oxygen atoms in total. The van der Waals surface area contributed by atoms with Crippen LogP contribution < -0.4 is 0 Å². The van der Waals surface area contributed by atoms with Crippen LogP contribution in [-0.4, -0.2) is 54.9 Å². The summed E-state index contributed by atoms with van der Waals surface area (Å²) in [7, 11) is 0. The van der Waals surface area contributed by atoms with Crippen molar-refractivity contribution in [2.24, 2.45) is 5.92 Å². The van der Waals surface area contributed by atoms with Crippen LogP contribution in [0.3, 0.4) is 0 Å². The number of carbonyl (C=O) groups is 2. The van der Waals surface area contributed by atoms with E-state index in [4.69, 9.17) is 24.4 Å². The first kappa shape index (κ1) is 21.8. The monoisotopic (exact) mass is 334 g/mol. The summed E-state index contributed by atoms with van der Waals surface area (Å²) in [6.07, 6.45) is 3.09. The van der Waals surface area contributed by atoms with E-state index in [1.54, 1.807) is 0 Å². The maximum absolute atomic E-state index is 11.0. The Balaban J connectivity index is 4.16. The van der Waals surface area contributed by atoms with Gasteiger partial charge in [0.25, 0.3) is 0 Å². The zero-order chi connectivity index (χ0) is 17.5. The molecular formula is C16H30O7. The van der Waals surface area contributed by atoms with E-state index in [1.807, 2.05) is 0 Å². The quantitative estimate of drug-likeness (QED) is 0.330. The third-order valence-electron chi connectivity index (χ3n) is 3.24. The van der Waals surface area contributed by atoms with E-state index >= 15 is 0 Å². The second kappa shape index (κ2) is 14.4. The number of unbranched alkanes of at least 4 members (excludes halogenated alkanes) is 2. The summed E-state index contributed by atoms with van der Waals surface area (Å²) >= 11 is 0. The van der Waals surface area contributed by atoms with Crippen molar-refractivity contribution in [1.29, 1.82) is 0 Å². The SMILES string of the molecule is CCCCOCC(OCCCC)OCCC(CC(=O)O)C(=O)O. The predicted octanol–water partition coefficient (Wildman–Crippen LogP) is 2.53. The molecule has 0 aromatic rings. The van der Waals surface area contributed by atoms with E-state index < -0.39 is 30.6 Å². The Morgan fingerprint density at radius 2 is 1.57 bits per heavy atom. The van der Waals surface area contributed by atoms with Crippen molar-refractivity contribution < 1.29 is 34.0 Å². The van der Waals surface area contributed by atoms with Crippen LogP contribution in [-0.2, 0) is 23.8 Å². The molecule has 0 spiro atoms. The Morgan fingerprint density at radius 3 is 2.13 bits per heavy atom. The van der Waals surface area contributed by atoms with E-state index in [0.29, 0.717) is 19.8 Å². The van der Waals surface area contributed by atoms with Gasteiger partial charge in [-0.3, -0.25) is 9.59 Å². The van der Waals surface area contributed by atoms with Gasteiger partial charge in [0, 0.05) is 13.2 Å². The smallest absolute Gasteiger partial charge is 0.307 e. The van der Waals surface area contributed by atoms with Gasteiger partial charge in [-0.25, -0.2) is 0 Å². The largest absolute Gasteiger partial charge is 0.481 e. The minimum atomic E-state index is -1.13. The summed E-state index contributed by atoms with van der Waals surface area (Å²) in [5.41, 5.74) is 0. The molecule has 0 bridgehead atoms. The fourth-order valence-electron chi connectivity index (χ4n) is 1.79. The van der Waals surface area contributed by atoms with Crippen LogP contribution in [0, 0.1) is 5.92 Å². The topological polar surface area (TPSA) is 102 Å². The molecule has 0 aliphatic heterocycles. The number of aliphatic carboxylic acids is 2. The van der Waals surface area contributed by atoms with Crippen molar-refractivity contribution in [2.75, 3.05) is 26.4 Å². The summed E-state index contributed by atoms with van der Waals surface area (Å²) in [5, 5.41) is 17.7. The molecule has 7 heteroatoms. The molecule has 0 fully saturated rings. The Labute approximate surface area is 137 Å². The molecule has 0 aromatic heterocycles. The Hall–Kier alpha value is -1.18. The fourth-order valence-corrected chi connectivity index (χ4v) is 1.79. The summed E-state index contributed by atoms with van der Waals surface area (Å²) in [6.45, 7) is 5.72. The van der Waals surface area contributed by atoms with E-state index in [-0.39, 0.29) is 13.0 Å². The van der Waals surface area contributed by atoms with Crippen LogP contribution in [0.2, 0.25) is 0 Å². The Morgan fingerprint density at radius 1 is 0.957 bits per heavy atom. The van der Waals surface area contributed by atoms with Crippen LogP contribution in [0.5, 0.6) is 0 Å². The maximum Gasteiger partial charge on any atom is 0.307 e. The van der Waals surface area contributed by atoms with E-state index in [2.05, 4.69) is 13.8 Å². The third-order valence-corrected chi connectivity index (χ3v) is 3.24. The second-order valence-electron chi connectivity index (χ2n) is 5.37. The highest BCUT2D eigenvalue weighted by atomic mass is 16.7. The molecule has 136 valence electrons. The molecule has 0 aromatic carbocycles. The van der Waals surface area contributed by atoms with Gasteiger partial charge < -0.3 is 24.4 Å². The van der Waals surface area contributed by atoms with Crippen molar-refractivity contribution in [3.05, 3.63) is 0 Å². The lowest BCUT2D eigenvalue weighted by molar-refractivity contribution is -0.176.